The van der Waals surface area contributed by atoms with Crippen molar-refractivity contribution >= 4 is 23.0 Å². The average Bonchev–Trinajstić information content (AvgIpc) is 2.63. The van der Waals surface area contributed by atoms with Crippen LogP contribution >= 0.6 is 12.2 Å². The Labute approximate surface area is 160 Å². The van der Waals surface area contributed by atoms with Gasteiger partial charge in [0.2, 0.25) is 0 Å². The molecule has 26 heavy (non-hydrogen) atoms. The second-order valence-corrected chi connectivity index (χ2v) is 7.38. The first-order valence-corrected chi connectivity index (χ1v) is 9.40. The summed E-state index contributed by atoms with van der Waals surface area (Å²) in [5.74, 6) is 1.96. The van der Waals surface area contributed by atoms with Crippen molar-refractivity contribution in [2.75, 3.05) is 18.5 Å². The molecule has 1 aliphatic rings. The van der Waals surface area contributed by atoms with Crippen molar-refractivity contribution in [1.82, 2.24) is 5.32 Å². The number of thiocarbonyl (C=S) groups is 1. The van der Waals surface area contributed by atoms with Gasteiger partial charge in [-0.15, -0.1) is 0 Å². The van der Waals surface area contributed by atoms with Crippen LogP contribution in [0.1, 0.15) is 36.6 Å². The Balaban J connectivity index is 1.76. The Morgan fingerprint density at radius 3 is 2.50 bits per heavy atom. The Hall–Kier alpha value is -2.27. The SMILES string of the molecule is Cc1cccc(NC(=S)N[C@@H](c2ccc3c(c2)OCCO3)C(C)C)c1C. The summed E-state index contributed by atoms with van der Waals surface area (Å²) in [6.45, 7) is 9.74. The van der Waals surface area contributed by atoms with E-state index >= 15 is 0 Å². The van der Waals surface area contributed by atoms with Crippen LogP contribution in [0.15, 0.2) is 36.4 Å². The summed E-state index contributed by atoms with van der Waals surface area (Å²) in [7, 11) is 0. The van der Waals surface area contributed by atoms with E-state index in [-0.39, 0.29) is 6.04 Å². The summed E-state index contributed by atoms with van der Waals surface area (Å²) in [5.41, 5.74) is 4.61. The molecule has 0 saturated heterocycles. The summed E-state index contributed by atoms with van der Waals surface area (Å²) in [6, 6.07) is 12.4. The number of rotatable bonds is 4. The molecule has 2 N–H and O–H groups in total. The highest BCUT2D eigenvalue weighted by Gasteiger charge is 2.20. The molecule has 0 radical (unpaired) electrons. The minimum Gasteiger partial charge on any atom is -0.486 e. The highest BCUT2D eigenvalue weighted by molar-refractivity contribution is 7.80. The van der Waals surface area contributed by atoms with Gasteiger partial charge in [0.15, 0.2) is 16.6 Å². The minimum absolute atomic E-state index is 0.0796. The molecule has 1 heterocycles. The number of benzene rings is 2. The van der Waals surface area contributed by atoms with E-state index in [0.717, 1.165) is 22.7 Å². The van der Waals surface area contributed by atoms with Gasteiger partial charge in [0.25, 0.3) is 0 Å². The van der Waals surface area contributed by atoms with E-state index in [1.165, 1.54) is 11.1 Å². The fraction of sp³-hybridized carbons (Fsp3) is 0.381. The van der Waals surface area contributed by atoms with E-state index in [2.05, 4.69) is 50.5 Å². The van der Waals surface area contributed by atoms with Crippen molar-refractivity contribution in [3.63, 3.8) is 0 Å². The molecule has 0 saturated carbocycles. The highest BCUT2D eigenvalue weighted by atomic mass is 32.1. The largest absolute Gasteiger partial charge is 0.486 e. The molecule has 0 fully saturated rings. The van der Waals surface area contributed by atoms with E-state index in [1.54, 1.807) is 0 Å². The molecule has 0 amide bonds. The maximum Gasteiger partial charge on any atom is 0.171 e. The van der Waals surface area contributed by atoms with E-state index in [0.29, 0.717) is 24.2 Å². The van der Waals surface area contributed by atoms with Gasteiger partial charge in [0.05, 0.1) is 6.04 Å². The zero-order chi connectivity index (χ0) is 18.7. The van der Waals surface area contributed by atoms with Crippen LogP contribution in [0.2, 0.25) is 0 Å². The molecular formula is C21H26N2O2S. The van der Waals surface area contributed by atoms with E-state index in [1.807, 2.05) is 24.3 Å². The zero-order valence-corrected chi connectivity index (χ0v) is 16.6. The third kappa shape index (κ3) is 4.10. The first-order chi connectivity index (χ1) is 12.5. The lowest BCUT2D eigenvalue weighted by atomic mass is 9.95. The van der Waals surface area contributed by atoms with Crippen molar-refractivity contribution in [2.45, 2.75) is 33.7 Å². The fourth-order valence-electron chi connectivity index (χ4n) is 3.07. The summed E-state index contributed by atoms with van der Waals surface area (Å²) in [5, 5.41) is 7.41. The molecule has 3 rings (SSSR count). The van der Waals surface area contributed by atoms with Crippen molar-refractivity contribution in [2.24, 2.45) is 5.92 Å². The van der Waals surface area contributed by atoms with E-state index < -0.39 is 0 Å². The van der Waals surface area contributed by atoms with Gasteiger partial charge in [-0.3, -0.25) is 0 Å². The maximum atomic E-state index is 5.72. The van der Waals surface area contributed by atoms with Crippen molar-refractivity contribution in [3.05, 3.63) is 53.1 Å². The van der Waals surface area contributed by atoms with Crippen LogP contribution in [0.5, 0.6) is 11.5 Å². The highest BCUT2D eigenvalue weighted by Crippen LogP contribution is 2.34. The Bertz CT molecular complexity index is 805. The third-order valence-electron chi connectivity index (χ3n) is 4.73. The van der Waals surface area contributed by atoms with Gasteiger partial charge < -0.3 is 20.1 Å². The maximum absolute atomic E-state index is 5.72. The average molecular weight is 371 g/mol. The van der Waals surface area contributed by atoms with Gasteiger partial charge in [-0.1, -0.05) is 32.0 Å². The van der Waals surface area contributed by atoms with Gasteiger partial charge in [-0.25, -0.2) is 0 Å². The first kappa shape index (κ1) is 18.5. The van der Waals surface area contributed by atoms with Gasteiger partial charge in [0, 0.05) is 5.69 Å². The molecule has 5 heteroatoms. The number of ether oxygens (including phenoxy) is 2. The van der Waals surface area contributed by atoms with E-state index in [9.17, 15) is 0 Å². The number of hydrogen-bond donors (Lipinski definition) is 2. The van der Waals surface area contributed by atoms with Crippen LogP contribution in [0.3, 0.4) is 0 Å². The molecule has 0 bridgehead atoms. The molecule has 1 aliphatic heterocycles. The molecule has 4 nitrogen and oxygen atoms in total. The third-order valence-corrected chi connectivity index (χ3v) is 4.95. The van der Waals surface area contributed by atoms with Gasteiger partial charge in [0.1, 0.15) is 13.2 Å². The van der Waals surface area contributed by atoms with Crippen molar-refractivity contribution in [3.8, 4) is 11.5 Å². The lowest BCUT2D eigenvalue weighted by Crippen LogP contribution is -2.35. The predicted octanol–water partition coefficient (Wildman–Crippen LogP) is 4.76. The Morgan fingerprint density at radius 2 is 1.77 bits per heavy atom. The predicted molar refractivity (Wildman–Crippen MR) is 110 cm³/mol. The number of aryl methyl sites for hydroxylation is 1. The quantitative estimate of drug-likeness (QED) is 0.760. The summed E-state index contributed by atoms with van der Waals surface area (Å²) in [4.78, 5) is 0. The van der Waals surface area contributed by atoms with Crippen molar-refractivity contribution in [1.29, 1.82) is 0 Å². The Kier molecular flexibility index (Phi) is 5.67. The van der Waals surface area contributed by atoms with Crippen molar-refractivity contribution < 1.29 is 9.47 Å². The molecule has 0 unspecified atom stereocenters. The molecule has 2 aromatic carbocycles. The molecule has 1 atom stereocenters. The molecule has 0 spiro atoms. The monoisotopic (exact) mass is 370 g/mol. The molecular weight excluding hydrogens is 344 g/mol. The zero-order valence-electron chi connectivity index (χ0n) is 15.8. The van der Waals surface area contributed by atoms with Gasteiger partial charge >= 0.3 is 0 Å². The van der Waals surface area contributed by atoms with Crippen LogP contribution in [0, 0.1) is 19.8 Å². The molecule has 2 aromatic rings. The second-order valence-electron chi connectivity index (χ2n) is 6.97. The van der Waals surface area contributed by atoms with E-state index in [4.69, 9.17) is 21.7 Å². The lowest BCUT2D eigenvalue weighted by Gasteiger charge is -2.27. The standard InChI is InChI=1S/C21H26N2O2S/c1-13(2)20(16-8-9-18-19(12-16)25-11-10-24-18)23-21(26)22-17-7-5-6-14(3)15(17)4/h5-9,12-13,20H,10-11H2,1-4H3,(H2,22,23,26)/t20-/m1/s1. The Morgan fingerprint density at radius 1 is 1.04 bits per heavy atom. The number of hydrogen-bond acceptors (Lipinski definition) is 3. The number of anilines is 1. The number of fused-ring (bicyclic) bond motifs is 1. The second kappa shape index (κ2) is 7.96. The van der Waals surface area contributed by atoms with Crippen LogP contribution < -0.4 is 20.1 Å². The first-order valence-electron chi connectivity index (χ1n) is 8.99. The smallest absolute Gasteiger partial charge is 0.171 e. The van der Waals surface area contributed by atoms with Crippen LogP contribution in [0.4, 0.5) is 5.69 Å². The molecule has 138 valence electrons. The lowest BCUT2D eigenvalue weighted by molar-refractivity contribution is 0.171. The summed E-state index contributed by atoms with van der Waals surface area (Å²) < 4.78 is 11.3. The number of nitrogens with one attached hydrogen (secondary N) is 2. The van der Waals surface area contributed by atoms with Gasteiger partial charge in [-0.05, 0) is 66.9 Å². The fourth-order valence-corrected chi connectivity index (χ4v) is 3.31. The molecule has 0 aliphatic carbocycles. The topological polar surface area (TPSA) is 42.5 Å². The summed E-state index contributed by atoms with van der Waals surface area (Å²) in [6.07, 6.45) is 0. The minimum atomic E-state index is 0.0796. The van der Waals surface area contributed by atoms with Gasteiger partial charge in [-0.2, -0.15) is 0 Å². The summed E-state index contributed by atoms with van der Waals surface area (Å²) >= 11 is 5.58. The van der Waals surface area contributed by atoms with Crippen LogP contribution in [0.25, 0.3) is 0 Å². The van der Waals surface area contributed by atoms with Crippen LogP contribution in [-0.4, -0.2) is 18.3 Å². The van der Waals surface area contributed by atoms with Crippen LogP contribution in [-0.2, 0) is 0 Å². The molecule has 0 aromatic heterocycles. The normalized spacial score (nSPS) is 14.0.